The zero-order valence-corrected chi connectivity index (χ0v) is 11.2. The van der Waals surface area contributed by atoms with Crippen molar-refractivity contribution in [2.75, 3.05) is 12.3 Å². The van der Waals surface area contributed by atoms with Gasteiger partial charge < -0.3 is 10.3 Å². The molecule has 6 heteroatoms. The van der Waals surface area contributed by atoms with Crippen molar-refractivity contribution in [3.05, 3.63) is 35.9 Å². The number of nitrogens with zero attached hydrogens (tertiary/aromatic N) is 4. The highest BCUT2D eigenvalue weighted by molar-refractivity contribution is 7.99. The molecular formula is C12H17N5S. The Morgan fingerprint density at radius 3 is 3.00 bits per heavy atom. The zero-order valence-electron chi connectivity index (χ0n) is 10.4. The second-order valence-corrected chi connectivity index (χ2v) is 4.99. The molecule has 2 aromatic heterocycles. The zero-order chi connectivity index (χ0) is 12.8. The molecule has 0 aliphatic carbocycles. The van der Waals surface area contributed by atoms with Crippen LogP contribution in [-0.2, 0) is 13.0 Å². The molecule has 0 bridgehead atoms. The smallest absolute Gasteiger partial charge is 0.191 e. The first kappa shape index (κ1) is 13.0. The third-order valence-electron chi connectivity index (χ3n) is 2.60. The predicted octanol–water partition coefficient (Wildman–Crippen LogP) is 1.28. The largest absolute Gasteiger partial charge is 0.329 e. The first-order valence-corrected chi connectivity index (χ1v) is 6.91. The molecule has 0 unspecified atom stereocenters. The van der Waals surface area contributed by atoms with Crippen LogP contribution in [0.2, 0.25) is 0 Å². The van der Waals surface area contributed by atoms with Crippen LogP contribution in [0.3, 0.4) is 0 Å². The van der Waals surface area contributed by atoms with Crippen molar-refractivity contribution in [3.63, 3.8) is 0 Å². The summed E-state index contributed by atoms with van der Waals surface area (Å²) in [5.41, 5.74) is 6.83. The van der Waals surface area contributed by atoms with E-state index >= 15 is 0 Å². The van der Waals surface area contributed by atoms with E-state index in [2.05, 4.69) is 25.8 Å². The lowest BCUT2D eigenvalue weighted by molar-refractivity contribution is 0.627. The Bertz CT molecular complexity index is 482. The monoisotopic (exact) mass is 263 g/mol. The van der Waals surface area contributed by atoms with E-state index in [9.17, 15) is 0 Å². The number of hydrogen-bond acceptors (Lipinski definition) is 5. The van der Waals surface area contributed by atoms with Gasteiger partial charge in [-0.15, -0.1) is 10.2 Å². The van der Waals surface area contributed by atoms with Gasteiger partial charge in [0.2, 0.25) is 0 Å². The molecule has 2 heterocycles. The molecular weight excluding hydrogens is 246 g/mol. The van der Waals surface area contributed by atoms with Crippen molar-refractivity contribution in [3.8, 4) is 0 Å². The van der Waals surface area contributed by atoms with Crippen LogP contribution < -0.4 is 5.73 Å². The third-order valence-corrected chi connectivity index (χ3v) is 3.57. The molecule has 0 aliphatic rings. The lowest BCUT2D eigenvalue weighted by atomic mass is 10.2. The van der Waals surface area contributed by atoms with Gasteiger partial charge in [0.25, 0.3) is 0 Å². The number of aromatic nitrogens is 4. The van der Waals surface area contributed by atoms with E-state index in [1.807, 2.05) is 19.2 Å². The molecule has 0 saturated heterocycles. The Labute approximate surface area is 111 Å². The van der Waals surface area contributed by atoms with Gasteiger partial charge in [0.15, 0.2) is 5.16 Å². The molecule has 18 heavy (non-hydrogen) atoms. The van der Waals surface area contributed by atoms with Gasteiger partial charge in [-0.1, -0.05) is 17.8 Å². The first-order chi connectivity index (χ1) is 8.81. The standard InChI is InChI=1S/C12H17N5S/c1-10-15-16-12(17(10)7-5-13)18-8-4-11-3-2-6-14-9-11/h2-3,6,9H,4-5,7-8,13H2,1H3. The summed E-state index contributed by atoms with van der Waals surface area (Å²) >= 11 is 1.71. The first-order valence-electron chi connectivity index (χ1n) is 5.93. The Morgan fingerprint density at radius 1 is 1.39 bits per heavy atom. The van der Waals surface area contributed by atoms with E-state index in [4.69, 9.17) is 5.73 Å². The maximum absolute atomic E-state index is 5.58. The molecule has 5 nitrogen and oxygen atoms in total. The lowest BCUT2D eigenvalue weighted by Gasteiger charge is -2.06. The number of nitrogens with two attached hydrogens (primary N) is 1. The minimum absolute atomic E-state index is 0.606. The van der Waals surface area contributed by atoms with Gasteiger partial charge >= 0.3 is 0 Å². The highest BCUT2D eigenvalue weighted by Gasteiger charge is 2.08. The van der Waals surface area contributed by atoms with Crippen molar-refractivity contribution in [2.45, 2.75) is 25.0 Å². The van der Waals surface area contributed by atoms with E-state index in [-0.39, 0.29) is 0 Å². The van der Waals surface area contributed by atoms with Crippen LogP contribution in [0.15, 0.2) is 29.7 Å². The molecule has 0 atom stereocenters. The summed E-state index contributed by atoms with van der Waals surface area (Å²) in [6.45, 7) is 3.33. The van der Waals surface area contributed by atoms with Crippen molar-refractivity contribution in [1.82, 2.24) is 19.7 Å². The van der Waals surface area contributed by atoms with Crippen LogP contribution in [0.4, 0.5) is 0 Å². The molecule has 2 aromatic rings. The number of rotatable bonds is 6. The number of thioether (sulfide) groups is 1. The van der Waals surface area contributed by atoms with Crippen molar-refractivity contribution in [2.24, 2.45) is 5.73 Å². The summed E-state index contributed by atoms with van der Waals surface area (Å²) in [4.78, 5) is 4.10. The van der Waals surface area contributed by atoms with E-state index < -0.39 is 0 Å². The van der Waals surface area contributed by atoms with Crippen LogP contribution in [0.25, 0.3) is 0 Å². The quantitative estimate of drug-likeness (QED) is 0.795. The fourth-order valence-corrected chi connectivity index (χ4v) is 2.66. The summed E-state index contributed by atoms with van der Waals surface area (Å²) < 4.78 is 2.06. The van der Waals surface area contributed by atoms with Crippen LogP contribution >= 0.6 is 11.8 Å². The average molecular weight is 263 g/mol. The Hall–Kier alpha value is -1.40. The van der Waals surface area contributed by atoms with E-state index in [0.29, 0.717) is 6.54 Å². The highest BCUT2D eigenvalue weighted by Crippen LogP contribution is 2.17. The maximum Gasteiger partial charge on any atom is 0.191 e. The summed E-state index contributed by atoms with van der Waals surface area (Å²) in [5, 5.41) is 9.20. The molecule has 0 aromatic carbocycles. The van der Waals surface area contributed by atoms with Gasteiger partial charge in [-0.05, 0) is 25.0 Å². The summed E-state index contributed by atoms with van der Waals surface area (Å²) in [5.74, 6) is 1.89. The van der Waals surface area contributed by atoms with Crippen molar-refractivity contribution >= 4 is 11.8 Å². The molecule has 0 radical (unpaired) electrons. The van der Waals surface area contributed by atoms with Gasteiger partial charge in [0.05, 0.1) is 0 Å². The molecule has 2 N–H and O–H groups in total. The summed E-state index contributed by atoms with van der Waals surface area (Å²) in [6, 6.07) is 4.05. The third kappa shape index (κ3) is 3.30. The fourth-order valence-electron chi connectivity index (χ4n) is 1.66. The van der Waals surface area contributed by atoms with Crippen LogP contribution in [0.1, 0.15) is 11.4 Å². The summed E-state index contributed by atoms with van der Waals surface area (Å²) in [6.07, 6.45) is 4.67. The maximum atomic E-state index is 5.58. The van der Waals surface area contributed by atoms with Crippen molar-refractivity contribution < 1.29 is 0 Å². The van der Waals surface area contributed by atoms with Crippen LogP contribution in [-0.4, -0.2) is 32.0 Å². The topological polar surface area (TPSA) is 69.6 Å². The van der Waals surface area contributed by atoms with Gasteiger partial charge in [-0.25, -0.2) is 0 Å². The second-order valence-electron chi connectivity index (χ2n) is 3.93. The van der Waals surface area contributed by atoms with Gasteiger partial charge in [-0.2, -0.15) is 0 Å². The normalized spacial score (nSPS) is 10.8. The van der Waals surface area contributed by atoms with Gasteiger partial charge in [0, 0.05) is 31.2 Å². The molecule has 0 fully saturated rings. The second kappa shape index (κ2) is 6.51. The SMILES string of the molecule is Cc1nnc(SCCc2cccnc2)n1CCN. The molecule has 96 valence electrons. The Kier molecular flexibility index (Phi) is 4.72. The molecule has 2 rings (SSSR count). The van der Waals surface area contributed by atoms with Crippen LogP contribution in [0, 0.1) is 6.92 Å². The van der Waals surface area contributed by atoms with E-state index in [0.717, 1.165) is 29.7 Å². The van der Waals surface area contributed by atoms with Gasteiger partial charge in [0.1, 0.15) is 5.82 Å². The average Bonchev–Trinajstić information content (AvgIpc) is 2.73. The number of hydrogen-bond donors (Lipinski definition) is 1. The van der Waals surface area contributed by atoms with Crippen LogP contribution in [0.5, 0.6) is 0 Å². The van der Waals surface area contributed by atoms with E-state index in [1.54, 1.807) is 18.0 Å². The van der Waals surface area contributed by atoms with Crippen molar-refractivity contribution in [1.29, 1.82) is 0 Å². The number of pyridine rings is 1. The molecule has 0 spiro atoms. The lowest BCUT2D eigenvalue weighted by Crippen LogP contribution is -2.12. The molecule has 0 aliphatic heterocycles. The minimum Gasteiger partial charge on any atom is -0.329 e. The fraction of sp³-hybridized carbons (Fsp3) is 0.417. The number of aryl methyl sites for hydroxylation is 2. The summed E-state index contributed by atoms with van der Waals surface area (Å²) in [7, 11) is 0. The Morgan fingerprint density at radius 2 is 2.28 bits per heavy atom. The molecule has 0 amide bonds. The Balaban J connectivity index is 1.90. The highest BCUT2D eigenvalue weighted by atomic mass is 32.2. The van der Waals surface area contributed by atoms with E-state index in [1.165, 1.54) is 5.56 Å². The molecule has 0 saturated carbocycles. The predicted molar refractivity (Wildman–Crippen MR) is 72.5 cm³/mol. The minimum atomic E-state index is 0.606. The van der Waals surface area contributed by atoms with Gasteiger partial charge in [-0.3, -0.25) is 4.98 Å².